The van der Waals surface area contributed by atoms with Crippen molar-refractivity contribution in [2.75, 3.05) is 18.0 Å². The molecule has 0 atom stereocenters. The molecule has 0 bridgehead atoms. The highest BCUT2D eigenvalue weighted by Gasteiger charge is 2.28. The predicted molar refractivity (Wildman–Crippen MR) is 81.1 cm³/mol. The van der Waals surface area contributed by atoms with E-state index in [-0.39, 0.29) is 0 Å². The molecule has 0 unspecified atom stereocenters. The first-order chi connectivity index (χ1) is 8.99. The van der Waals surface area contributed by atoms with Crippen molar-refractivity contribution in [3.8, 4) is 0 Å². The van der Waals surface area contributed by atoms with Gasteiger partial charge in [0.05, 0.1) is 0 Å². The number of benzene rings is 1. The van der Waals surface area contributed by atoms with E-state index in [2.05, 4.69) is 31.7 Å². The Kier molecular flexibility index (Phi) is 3.98. The zero-order valence-corrected chi connectivity index (χ0v) is 12.6. The summed E-state index contributed by atoms with van der Waals surface area (Å²) < 4.78 is 0. The van der Waals surface area contributed by atoms with Gasteiger partial charge in [-0.05, 0) is 55.4 Å². The van der Waals surface area contributed by atoms with Gasteiger partial charge in [0.1, 0.15) is 6.29 Å². The molecule has 1 heterocycles. The molecule has 0 N–H and O–H groups in total. The van der Waals surface area contributed by atoms with Gasteiger partial charge in [0, 0.05) is 24.3 Å². The van der Waals surface area contributed by atoms with Gasteiger partial charge in [-0.2, -0.15) is 0 Å². The molecule has 1 aromatic rings. The Morgan fingerprint density at radius 1 is 1.21 bits per heavy atom. The highest BCUT2D eigenvalue weighted by molar-refractivity contribution is 5.79. The maximum absolute atomic E-state index is 11.0. The lowest BCUT2D eigenvalue weighted by Crippen LogP contribution is -2.38. The summed E-state index contributed by atoms with van der Waals surface area (Å²) in [6.45, 7) is 11.1. The Hall–Kier alpha value is -1.31. The monoisotopic (exact) mass is 259 g/mol. The van der Waals surface area contributed by atoms with Gasteiger partial charge in [-0.25, -0.2) is 0 Å². The molecule has 1 saturated heterocycles. The van der Waals surface area contributed by atoms with Gasteiger partial charge in [-0.3, -0.25) is 4.79 Å². The minimum atomic E-state index is 0.516. The number of rotatable bonds is 3. The summed E-state index contributed by atoms with van der Waals surface area (Å²) in [7, 11) is 0. The molecule has 0 amide bonds. The van der Waals surface area contributed by atoms with E-state index in [1.54, 1.807) is 0 Å². The molecule has 104 valence electrons. The summed E-state index contributed by atoms with van der Waals surface area (Å²) in [5, 5.41) is 0. The van der Waals surface area contributed by atoms with Crippen molar-refractivity contribution < 1.29 is 4.79 Å². The van der Waals surface area contributed by atoms with Crippen LogP contribution in [0.15, 0.2) is 12.1 Å². The van der Waals surface area contributed by atoms with E-state index in [9.17, 15) is 4.79 Å². The molecule has 0 aromatic heterocycles. The Labute approximate surface area is 116 Å². The fraction of sp³-hybridized carbons (Fsp3) is 0.588. The number of carbonyl (C=O) groups is 1. The molecule has 2 nitrogen and oxygen atoms in total. The van der Waals surface area contributed by atoms with E-state index in [0.29, 0.717) is 5.41 Å². The second-order valence-corrected chi connectivity index (χ2v) is 6.26. The minimum absolute atomic E-state index is 0.516. The van der Waals surface area contributed by atoms with Crippen molar-refractivity contribution in [3.05, 3.63) is 28.8 Å². The molecule has 0 aliphatic carbocycles. The van der Waals surface area contributed by atoms with E-state index in [1.165, 1.54) is 30.5 Å². The number of piperidine rings is 1. The third-order valence-corrected chi connectivity index (χ3v) is 4.88. The first-order valence-electron chi connectivity index (χ1n) is 7.30. The largest absolute Gasteiger partial charge is 0.371 e. The third kappa shape index (κ3) is 2.83. The van der Waals surface area contributed by atoms with E-state index < -0.39 is 0 Å². The number of anilines is 1. The molecule has 1 aliphatic heterocycles. The molecule has 1 aromatic carbocycles. The zero-order chi connectivity index (χ0) is 14.0. The molecule has 0 saturated carbocycles. The van der Waals surface area contributed by atoms with Crippen LogP contribution in [0, 0.1) is 19.3 Å². The smallest absolute Gasteiger partial charge is 0.150 e. The summed E-state index contributed by atoms with van der Waals surface area (Å²) in [6.07, 6.45) is 4.74. The fourth-order valence-electron chi connectivity index (χ4n) is 2.93. The van der Waals surface area contributed by atoms with Gasteiger partial charge < -0.3 is 4.90 Å². The average molecular weight is 259 g/mol. The van der Waals surface area contributed by atoms with Crippen molar-refractivity contribution >= 4 is 12.0 Å². The van der Waals surface area contributed by atoms with Crippen LogP contribution in [-0.4, -0.2) is 19.4 Å². The summed E-state index contributed by atoms with van der Waals surface area (Å²) in [4.78, 5) is 13.5. The Morgan fingerprint density at radius 3 is 2.37 bits per heavy atom. The van der Waals surface area contributed by atoms with Crippen molar-refractivity contribution in [3.63, 3.8) is 0 Å². The number of hydrogen-bond acceptors (Lipinski definition) is 2. The molecule has 1 fully saturated rings. The van der Waals surface area contributed by atoms with Crippen LogP contribution in [-0.2, 0) is 0 Å². The molecule has 0 radical (unpaired) electrons. The average Bonchev–Trinajstić information content (AvgIpc) is 2.42. The highest BCUT2D eigenvalue weighted by atomic mass is 16.1. The predicted octanol–water partition coefficient (Wildman–Crippen LogP) is 4.13. The van der Waals surface area contributed by atoms with Gasteiger partial charge in [0.15, 0.2) is 0 Å². The molecular formula is C17H25NO. The standard InChI is InChI=1S/C17H25NO/c1-5-17(4)6-8-18(9-7-17)16-11-13(2)15(12-19)10-14(16)3/h10-12H,5-9H2,1-4H3. The minimum Gasteiger partial charge on any atom is -0.371 e. The summed E-state index contributed by atoms with van der Waals surface area (Å²) in [5.74, 6) is 0. The van der Waals surface area contributed by atoms with Crippen molar-refractivity contribution in [1.82, 2.24) is 0 Å². The van der Waals surface area contributed by atoms with Crippen LogP contribution >= 0.6 is 0 Å². The molecular weight excluding hydrogens is 234 g/mol. The van der Waals surface area contributed by atoms with Crippen LogP contribution in [0.3, 0.4) is 0 Å². The second-order valence-electron chi connectivity index (χ2n) is 6.26. The number of aldehydes is 1. The van der Waals surface area contributed by atoms with Gasteiger partial charge in [0.25, 0.3) is 0 Å². The topological polar surface area (TPSA) is 20.3 Å². The van der Waals surface area contributed by atoms with Crippen LogP contribution < -0.4 is 4.90 Å². The van der Waals surface area contributed by atoms with Crippen LogP contribution in [0.25, 0.3) is 0 Å². The lowest BCUT2D eigenvalue weighted by Gasteiger charge is -2.40. The van der Waals surface area contributed by atoms with Gasteiger partial charge in [-0.1, -0.05) is 20.3 Å². The zero-order valence-electron chi connectivity index (χ0n) is 12.6. The first-order valence-corrected chi connectivity index (χ1v) is 7.30. The number of hydrogen-bond donors (Lipinski definition) is 0. The SMILES string of the molecule is CCC1(C)CCN(c2cc(C)c(C=O)cc2C)CC1. The molecule has 2 rings (SSSR count). The number of nitrogens with zero attached hydrogens (tertiary/aromatic N) is 1. The van der Waals surface area contributed by atoms with Crippen molar-refractivity contribution in [1.29, 1.82) is 0 Å². The lowest BCUT2D eigenvalue weighted by molar-refractivity contribution is 0.112. The first kappa shape index (κ1) is 14.1. The molecule has 2 heteroatoms. The normalized spacial score (nSPS) is 18.4. The van der Waals surface area contributed by atoms with Crippen molar-refractivity contribution in [2.45, 2.75) is 47.0 Å². The van der Waals surface area contributed by atoms with E-state index in [1.807, 2.05) is 13.0 Å². The van der Waals surface area contributed by atoms with Gasteiger partial charge in [-0.15, -0.1) is 0 Å². The van der Waals surface area contributed by atoms with Crippen LogP contribution in [0.2, 0.25) is 0 Å². The Morgan fingerprint density at radius 2 is 1.84 bits per heavy atom. The maximum atomic E-state index is 11.0. The molecule has 19 heavy (non-hydrogen) atoms. The fourth-order valence-corrected chi connectivity index (χ4v) is 2.93. The van der Waals surface area contributed by atoms with Gasteiger partial charge in [0.2, 0.25) is 0 Å². The Balaban J connectivity index is 2.20. The van der Waals surface area contributed by atoms with E-state index >= 15 is 0 Å². The number of carbonyl (C=O) groups excluding carboxylic acids is 1. The lowest BCUT2D eigenvalue weighted by atomic mass is 9.78. The van der Waals surface area contributed by atoms with Crippen LogP contribution in [0.4, 0.5) is 5.69 Å². The summed E-state index contributed by atoms with van der Waals surface area (Å²) >= 11 is 0. The van der Waals surface area contributed by atoms with E-state index in [0.717, 1.165) is 30.5 Å². The highest BCUT2D eigenvalue weighted by Crippen LogP contribution is 2.36. The van der Waals surface area contributed by atoms with Crippen LogP contribution in [0.1, 0.15) is 54.6 Å². The quantitative estimate of drug-likeness (QED) is 0.761. The van der Waals surface area contributed by atoms with Crippen molar-refractivity contribution in [2.24, 2.45) is 5.41 Å². The second kappa shape index (κ2) is 5.36. The Bertz CT molecular complexity index is 470. The number of aryl methyl sites for hydroxylation is 2. The van der Waals surface area contributed by atoms with E-state index in [4.69, 9.17) is 0 Å². The summed E-state index contributed by atoms with van der Waals surface area (Å²) in [6, 6.07) is 4.19. The molecule has 0 spiro atoms. The summed E-state index contributed by atoms with van der Waals surface area (Å²) in [5.41, 5.74) is 4.94. The maximum Gasteiger partial charge on any atom is 0.150 e. The van der Waals surface area contributed by atoms with Crippen LogP contribution in [0.5, 0.6) is 0 Å². The van der Waals surface area contributed by atoms with Gasteiger partial charge >= 0.3 is 0 Å². The molecule has 1 aliphatic rings. The third-order valence-electron chi connectivity index (χ3n) is 4.88.